The van der Waals surface area contributed by atoms with Crippen LogP contribution in [0.15, 0.2) is 67.1 Å². The van der Waals surface area contributed by atoms with E-state index < -0.39 is 17.7 Å². The molecule has 1 fully saturated rings. The molecule has 12 heteroatoms. The van der Waals surface area contributed by atoms with Crippen molar-refractivity contribution >= 4 is 28.5 Å². The quantitative estimate of drug-likeness (QED) is 0.314. The molecule has 4 aromatic rings. The maximum atomic E-state index is 13.0. The summed E-state index contributed by atoms with van der Waals surface area (Å²) < 4.78 is 40.4. The van der Waals surface area contributed by atoms with Gasteiger partial charge >= 0.3 is 6.18 Å². The minimum atomic E-state index is -4.63. The number of hydrogen-bond acceptors (Lipinski definition) is 6. The molecule has 1 aliphatic rings. The SMILES string of the molecule is CN(C(=O)c1ccncc1)C1CCN(C(=O)Cn2cc3cc(CC(=O)c4cccc(C(F)(F)F)n4)ccc3n2)CC1. The molecule has 0 unspecified atom stereocenters. The van der Waals surface area contributed by atoms with Crippen molar-refractivity contribution in [3.8, 4) is 0 Å². The van der Waals surface area contributed by atoms with Crippen LogP contribution < -0.4 is 0 Å². The number of fused-ring (bicyclic) bond motifs is 1. The number of nitrogens with zero attached hydrogens (tertiary/aromatic N) is 6. The molecule has 5 rings (SSSR count). The first-order chi connectivity index (χ1) is 19.6. The average Bonchev–Trinajstić information content (AvgIpc) is 3.38. The van der Waals surface area contributed by atoms with Gasteiger partial charge in [-0.05, 0) is 54.8 Å². The Hall–Kier alpha value is -4.61. The summed E-state index contributed by atoms with van der Waals surface area (Å²) in [6, 6.07) is 11.8. The second-order valence-electron chi connectivity index (χ2n) is 9.99. The second kappa shape index (κ2) is 11.5. The molecule has 9 nitrogen and oxygen atoms in total. The van der Waals surface area contributed by atoms with E-state index in [4.69, 9.17) is 0 Å². The highest BCUT2D eigenvalue weighted by molar-refractivity contribution is 5.96. The van der Waals surface area contributed by atoms with Crippen LogP contribution in [0.3, 0.4) is 0 Å². The van der Waals surface area contributed by atoms with Gasteiger partial charge < -0.3 is 9.80 Å². The number of pyridine rings is 2. The number of rotatable bonds is 7. The van der Waals surface area contributed by atoms with Crippen molar-refractivity contribution in [2.45, 2.75) is 38.0 Å². The zero-order valence-electron chi connectivity index (χ0n) is 22.2. The van der Waals surface area contributed by atoms with Crippen molar-refractivity contribution < 1.29 is 27.6 Å². The van der Waals surface area contributed by atoms with Crippen LogP contribution in [-0.4, -0.2) is 73.3 Å². The monoisotopic (exact) mass is 564 g/mol. The summed E-state index contributed by atoms with van der Waals surface area (Å²) in [4.78, 5) is 49.2. The van der Waals surface area contributed by atoms with Gasteiger partial charge in [0.2, 0.25) is 5.91 Å². The maximum Gasteiger partial charge on any atom is 0.433 e. The Balaban J connectivity index is 1.17. The van der Waals surface area contributed by atoms with E-state index in [0.29, 0.717) is 48.0 Å². The smallest absolute Gasteiger partial charge is 0.341 e. The maximum absolute atomic E-state index is 13.0. The van der Waals surface area contributed by atoms with Gasteiger partial charge in [0.25, 0.3) is 5.91 Å². The Bertz CT molecular complexity index is 1580. The van der Waals surface area contributed by atoms with E-state index in [2.05, 4.69) is 15.1 Å². The number of aromatic nitrogens is 4. The Morgan fingerprint density at radius 3 is 2.46 bits per heavy atom. The van der Waals surface area contributed by atoms with Crippen LogP contribution in [0.1, 0.15) is 44.9 Å². The van der Waals surface area contributed by atoms with Crippen molar-refractivity contribution in [2.75, 3.05) is 20.1 Å². The van der Waals surface area contributed by atoms with E-state index in [0.717, 1.165) is 12.1 Å². The third-order valence-corrected chi connectivity index (χ3v) is 7.22. The number of hydrogen-bond donors (Lipinski definition) is 0. The first kappa shape index (κ1) is 27.9. The molecule has 0 radical (unpaired) electrons. The molecule has 1 aliphatic heterocycles. The third kappa shape index (κ3) is 6.42. The summed E-state index contributed by atoms with van der Waals surface area (Å²) in [5, 5.41) is 5.16. The number of ketones is 1. The van der Waals surface area contributed by atoms with Crippen LogP contribution in [0.25, 0.3) is 10.9 Å². The van der Waals surface area contributed by atoms with Crippen LogP contribution in [0.4, 0.5) is 13.2 Å². The predicted octanol–water partition coefficient (Wildman–Crippen LogP) is 4.03. The third-order valence-electron chi connectivity index (χ3n) is 7.22. The summed E-state index contributed by atoms with van der Waals surface area (Å²) >= 11 is 0. The molecule has 0 saturated carbocycles. The molecule has 0 bridgehead atoms. The number of halogens is 3. The van der Waals surface area contributed by atoms with E-state index >= 15 is 0 Å². The van der Waals surface area contributed by atoms with Crippen LogP contribution in [0, 0.1) is 0 Å². The fourth-order valence-electron chi connectivity index (χ4n) is 4.95. The van der Waals surface area contributed by atoms with Gasteiger partial charge in [-0.3, -0.25) is 24.0 Å². The highest BCUT2D eigenvalue weighted by atomic mass is 19.4. The molecule has 0 spiro atoms. The highest BCUT2D eigenvalue weighted by Crippen LogP contribution is 2.27. The lowest BCUT2D eigenvalue weighted by molar-refractivity contribution is -0.141. The summed E-state index contributed by atoms with van der Waals surface area (Å²) in [6.07, 6.45) is 1.45. The minimum Gasteiger partial charge on any atom is -0.341 e. The second-order valence-corrected chi connectivity index (χ2v) is 9.99. The molecule has 2 amide bonds. The summed E-state index contributed by atoms with van der Waals surface area (Å²) in [5.74, 6) is -0.701. The zero-order chi connectivity index (χ0) is 29.1. The Labute approximate surface area is 233 Å². The Kier molecular flexibility index (Phi) is 7.82. The van der Waals surface area contributed by atoms with E-state index in [1.807, 2.05) is 0 Å². The number of piperidine rings is 1. The van der Waals surface area contributed by atoms with Crippen molar-refractivity contribution in [3.63, 3.8) is 0 Å². The molecular formula is C29H27F3N6O3. The first-order valence-electron chi connectivity index (χ1n) is 13.1. The number of benzene rings is 1. The summed E-state index contributed by atoms with van der Waals surface area (Å²) in [6.45, 7) is 1.08. The number of amides is 2. The van der Waals surface area contributed by atoms with Gasteiger partial charge in [0.1, 0.15) is 17.9 Å². The predicted molar refractivity (Wildman–Crippen MR) is 143 cm³/mol. The van der Waals surface area contributed by atoms with Gasteiger partial charge in [-0.25, -0.2) is 4.98 Å². The zero-order valence-corrected chi connectivity index (χ0v) is 22.2. The molecule has 41 heavy (non-hydrogen) atoms. The minimum absolute atomic E-state index is 0.0271. The first-order valence-corrected chi connectivity index (χ1v) is 13.1. The van der Waals surface area contributed by atoms with Crippen molar-refractivity contribution in [2.24, 2.45) is 0 Å². The van der Waals surface area contributed by atoms with Gasteiger partial charge in [0.15, 0.2) is 5.78 Å². The molecule has 4 heterocycles. The summed E-state index contributed by atoms with van der Waals surface area (Å²) in [5.41, 5.74) is 0.435. The Morgan fingerprint density at radius 2 is 1.76 bits per heavy atom. The molecule has 0 N–H and O–H groups in total. The highest BCUT2D eigenvalue weighted by Gasteiger charge is 2.33. The number of Topliss-reactive ketones (excluding diaryl/α,β-unsaturated/α-hetero) is 1. The van der Waals surface area contributed by atoms with E-state index in [1.165, 1.54) is 10.7 Å². The van der Waals surface area contributed by atoms with Crippen LogP contribution in [0.5, 0.6) is 0 Å². The number of carbonyl (C=O) groups excluding carboxylic acids is 3. The van der Waals surface area contributed by atoms with Gasteiger partial charge in [-0.15, -0.1) is 0 Å². The number of likely N-dealkylation sites (tertiary alicyclic amines) is 1. The lowest BCUT2D eigenvalue weighted by atomic mass is 10.0. The molecular weight excluding hydrogens is 537 g/mol. The molecule has 3 aromatic heterocycles. The van der Waals surface area contributed by atoms with Crippen LogP contribution >= 0.6 is 0 Å². The van der Waals surface area contributed by atoms with Crippen LogP contribution in [-0.2, 0) is 23.9 Å². The normalized spacial score (nSPS) is 14.3. The van der Waals surface area contributed by atoms with E-state index in [9.17, 15) is 27.6 Å². The number of carbonyl (C=O) groups is 3. The van der Waals surface area contributed by atoms with Gasteiger partial charge in [-0.2, -0.15) is 18.3 Å². The average molecular weight is 565 g/mol. The van der Waals surface area contributed by atoms with Crippen LogP contribution in [0.2, 0.25) is 0 Å². The number of alkyl halides is 3. The fourth-order valence-corrected chi connectivity index (χ4v) is 4.95. The molecule has 0 atom stereocenters. The molecule has 1 saturated heterocycles. The van der Waals surface area contributed by atoms with Gasteiger partial charge in [0, 0.05) is 62.1 Å². The van der Waals surface area contributed by atoms with Crippen molar-refractivity contribution in [1.82, 2.24) is 29.5 Å². The van der Waals surface area contributed by atoms with Crippen molar-refractivity contribution in [1.29, 1.82) is 0 Å². The van der Waals surface area contributed by atoms with Crippen molar-refractivity contribution in [3.05, 3.63) is 89.6 Å². The van der Waals surface area contributed by atoms with Gasteiger partial charge in [-0.1, -0.05) is 12.1 Å². The standard InChI is InChI=1S/C29H27F3N6O3/c1-36(28(41)20-7-11-33-12-8-20)22-9-13-37(14-10-22)27(40)18-38-17-21-15-19(5-6-23(21)35-38)16-25(39)24-3-2-4-26(34-24)29(30,31)32/h2-8,11-12,15,17,22H,9-10,13-14,16,18H2,1H3. The van der Waals surface area contributed by atoms with E-state index in [1.54, 1.807) is 65.8 Å². The lowest BCUT2D eigenvalue weighted by Gasteiger charge is -2.36. The Morgan fingerprint density at radius 1 is 1.02 bits per heavy atom. The molecule has 212 valence electrons. The largest absolute Gasteiger partial charge is 0.433 e. The topological polar surface area (TPSA) is 101 Å². The lowest BCUT2D eigenvalue weighted by Crippen LogP contribution is -2.48. The molecule has 0 aliphatic carbocycles. The van der Waals surface area contributed by atoms with Gasteiger partial charge in [0.05, 0.1) is 5.52 Å². The fraction of sp³-hybridized carbons (Fsp3) is 0.310. The summed E-state index contributed by atoms with van der Waals surface area (Å²) in [7, 11) is 1.78. The van der Waals surface area contributed by atoms with E-state index in [-0.39, 0.29) is 36.5 Å². The molecule has 1 aromatic carbocycles.